The molecular weight excluding hydrogens is 332 g/mol. The average Bonchev–Trinajstić information content (AvgIpc) is 3.24. The Kier molecular flexibility index (Phi) is 4.61. The minimum Gasteiger partial charge on any atom is -0.467 e. The molecule has 0 aromatic carbocycles. The van der Waals surface area contributed by atoms with E-state index in [1.54, 1.807) is 12.1 Å². The van der Waals surface area contributed by atoms with Crippen molar-refractivity contribution < 1.29 is 18.8 Å². The second-order valence-corrected chi connectivity index (χ2v) is 6.24. The van der Waals surface area contributed by atoms with Crippen molar-refractivity contribution in [3.8, 4) is 0 Å². The SMILES string of the molecule is Cc1csc(NC(=O)CC[C@H]2NC(=O)N(Cc3ccco3)C2=O)n1. The molecule has 1 atom stereocenters. The van der Waals surface area contributed by atoms with Gasteiger partial charge in [0.1, 0.15) is 11.8 Å². The summed E-state index contributed by atoms with van der Waals surface area (Å²) in [6, 6.07) is 2.21. The van der Waals surface area contributed by atoms with E-state index in [1.807, 2.05) is 12.3 Å². The molecular formula is C15H16N4O4S. The highest BCUT2D eigenvalue weighted by Crippen LogP contribution is 2.17. The van der Waals surface area contributed by atoms with Crippen LogP contribution in [-0.4, -0.2) is 33.8 Å². The lowest BCUT2D eigenvalue weighted by Gasteiger charge is -2.11. The van der Waals surface area contributed by atoms with Gasteiger partial charge in [0.25, 0.3) is 5.91 Å². The summed E-state index contributed by atoms with van der Waals surface area (Å²) in [6.07, 6.45) is 1.83. The van der Waals surface area contributed by atoms with E-state index in [4.69, 9.17) is 4.42 Å². The second kappa shape index (κ2) is 6.83. The van der Waals surface area contributed by atoms with Crippen molar-refractivity contribution in [3.63, 3.8) is 0 Å². The van der Waals surface area contributed by atoms with Gasteiger partial charge in [-0.15, -0.1) is 11.3 Å². The minimum atomic E-state index is -0.698. The Bertz CT molecular complexity index is 755. The van der Waals surface area contributed by atoms with Gasteiger partial charge in [-0.05, 0) is 25.5 Å². The number of nitrogens with one attached hydrogen (secondary N) is 2. The van der Waals surface area contributed by atoms with Crippen LogP contribution in [0.25, 0.3) is 0 Å². The van der Waals surface area contributed by atoms with Gasteiger partial charge in [-0.1, -0.05) is 0 Å². The second-order valence-electron chi connectivity index (χ2n) is 5.39. The van der Waals surface area contributed by atoms with Gasteiger partial charge in [-0.25, -0.2) is 9.78 Å². The first-order valence-corrected chi connectivity index (χ1v) is 8.27. The molecule has 0 radical (unpaired) electrons. The first kappa shape index (κ1) is 16.2. The fourth-order valence-corrected chi connectivity index (χ4v) is 3.05. The maximum absolute atomic E-state index is 12.3. The number of anilines is 1. The lowest BCUT2D eigenvalue weighted by atomic mass is 10.1. The standard InChI is InChI=1S/C15H16N4O4S/c1-9-8-24-14(16-9)18-12(20)5-4-11-13(21)19(15(22)17-11)7-10-3-2-6-23-10/h2-3,6,8,11H,4-5,7H2,1H3,(H,17,22)(H,16,18,20)/t11-/m1/s1. The molecule has 126 valence electrons. The number of carbonyl (C=O) groups is 3. The highest BCUT2D eigenvalue weighted by atomic mass is 32.1. The topological polar surface area (TPSA) is 105 Å². The van der Waals surface area contributed by atoms with Gasteiger partial charge in [0, 0.05) is 11.8 Å². The first-order chi connectivity index (χ1) is 11.5. The molecule has 9 heteroatoms. The average molecular weight is 348 g/mol. The molecule has 0 aliphatic carbocycles. The van der Waals surface area contributed by atoms with Crippen molar-refractivity contribution in [3.05, 3.63) is 35.2 Å². The van der Waals surface area contributed by atoms with Crippen LogP contribution in [0.4, 0.5) is 9.93 Å². The van der Waals surface area contributed by atoms with E-state index in [2.05, 4.69) is 15.6 Å². The molecule has 3 heterocycles. The Balaban J connectivity index is 1.51. The molecule has 0 unspecified atom stereocenters. The highest BCUT2D eigenvalue weighted by Gasteiger charge is 2.38. The number of hydrogen-bond acceptors (Lipinski definition) is 6. The number of thiazole rings is 1. The van der Waals surface area contributed by atoms with E-state index in [-0.39, 0.29) is 31.2 Å². The number of rotatable bonds is 6. The Hall–Kier alpha value is -2.68. The van der Waals surface area contributed by atoms with Crippen molar-refractivity contribution >= 4 is 34.3 Å². The molecule has 2 aromatic heterocycles. The van der Waals surface area contributed by atoms with Crippen LogP contribution < -0.4 is 10.6 Å². The van der Waals surface area contributed by atoms with Gasteiger partial charge >= 0.3 is 6.03 Å². The van der Waals surface area contributed by atoms with Gasteiger partial charge < -0.3 is 15.1 Å². The summed E-state index contributed by atoms with van der Waals surface area (Å²) in [4.78, 5) is 41.3. The van der Waals surface area contributed by atoms with Gasteiger partial charge in [0.05, 0.1) is 18.5 Å². The number of nitrogens with zero attached hydrogens (tertiary/aromatic N) is 2. The zero-order chi connectivity index (χ0) is 17.1. The first-order valence-electron chi connectivity index (χ1n) is 7.39. The number of aromatic nitrogens is 1. The molecule has 0 bridgehead atoms. The predicted octanol–water partition coefficient (Wildman–Crippen LogP) is 1.88. The predicted molar refractivity (Wildman–Crippen MR) is 86.3 cm³/mol. The molecule has 2 N–H and O–H groups in total. The maximum atomic E-state index is 12.3. The molecule has 1 saturated heterocycles. The van der Waals surface area contributed by atoms with Crippen LogP contribution in [0.15, 0.2) is 28.2 Å². The summed E-state index contributed by atoms with van der Waals surface area (Å²) < 4.78 is 5.15. The smallest absolute Gasteiger partial charge is 0.325 e. The molecule has 3 rings (SSSR count). The van der Waals surface area contributed by atoms with Crippen molar-refractivity contribution in [2.24, 2.45) is 0 Å². The summed E-state index contributed by atoms with van der Waals surface area (Å²) in [7, 11) is 0. The molecule has 1 aliphatic heterocycles. The van der Waals surface area contributed by atoms with E-state index in [9.17, 15) is 14.4 Å². The quantitative estimate of drug-likeness (QED) is 0.776. The normalized spacial score (nSPS) is 17.2. The monoisotopic (exact) mass is 348 g/mol. The van der Waals surface area contributed by atoms with Crippen molar-refractivity contribution in [2.75, 3.05) is 5.32 Å². The Morgan fingerprint density at radius 2 is 2.33 bits per heavy atom. The number of hydrogen-bond donors (Lipinski definition) is 2. The number of imide groups is 1. The summed E-state index contributed by atoms with van der Waals surface area (Å²) in [5, 5.41) is 7.63. The minimum absolute atomic E-state index is 0.0821. The number of amides is 4. The zero-order valence-corrected chi connectivity index (χ0v) is 13.8. The van der Waals surface area contributed by atoms with E-state index in [0.29, 0.717) is 10.9 Å². The van der Waals surface area contributed by atoms with Crippen LogP contribution >= 0.6 is 11.3 Å². The summed E-state index contributed by atoms with van der Waals surface area (Å²) in [6.45, 7) is 1.92. The van der Waals surface area contributed by atoms with Crippen LogP contribution in [0.5, 0.6) is 0 Å². The molecule has 0 saturated carbocycles. The Labute approximate surface area is 141 Å². The van der Waals surface area contributed by atoms with Crippen LogP contribution in [-0.2, 0) is 16.1 Å². The van der Waals surface area contributed by atoms with Gasteiger partial charge in [0.15, 0.2) is 5.13 Å². The fraction of sp³-hybridized carbons (Fsp3) is 0.333. The third-order valence-electron chi connectivity index (χ3n) is 3.53. The van der Waals surface area contributed by atoms with Crippen LogP contribution in [0, 0.1) is 6.92 Å². The van der Waals surface area contributed by atoms with Gasteiger partial charge in [0.2, 0.25) is 5.91 Å². The number of furan rings is 1. The number of carbonyl (C=O) groups excluding carboxylic acids is 3. The van der Waals surface area contributed by atoms with E-state index < -0.39 is 12.1 Å². The third-order valence-corrected chi connectivity index (χ3v) is 4.40. The van der Waals surface area contributed by atoms with Gasteiger partial charge in [-0.2, -0.15) is 0 Å². The molecule has 24 heavy (non-hydrogen) atoms. The van der Waals surface area contributed by atoms with E-state index in [0.717, 1.165) is 10.6 Å². The maximum Gasteiger partial charge on any atom is 0.325 e. The molecule has 1 fully saturated rings. The Morgan fingerprint density at radius 1 is 1.50 bits per heavy atom. The fourth-order valence-electron chi connectivity index (χ4n) is 2.35. The lowest BCUT2D eigenvalue weighted by Crippen LogP contribution is -2.31. The zero-order valence-electron chi connectivity index (χ0n) is 12.9. The molecule has 1 aliphatic rings. The lowest BCUT2D eigenvalue weighted by molar-refractivity contribution is -0.128. The molecule has 4 amide bonds. The third kappa shape index (κ3) is 3.62. The summed E-state index contributed by atoms with van der Waals surface area (Å²) >= 11 is 1.34. The van der Waals surface area contributed by atoms with Crippen LogP contribution in [0.3, 0.4) is 0 Å². The van der Waals surface area contributed by atoms with E-state index >= 15 is 0 Å². The Morgan fingerprint density at radius 3 is 3.00 bits per heavy atom. The molecule has 2 aromatic rings. The summed E-state index contributed by atoms with van der Waals surface area (Å²) in [5.41, 5.74) is 0.835. The van der Waals surface area contributed by atoms with Crippen molar-refractivity contribution in [2.45, 2.75) is 32.4 Å². The molecule has 0 spiro atoms. The number of urea groups is 1. The summed E-state index contributed by atoms with van der Waals surface area (Å²) in [5.74, 6) is -0.0683. The number of aryl methyl sites for hydroxylation is 1. The molecule has 8 nitrogen and oxygen atoms in total. The van der Waals surface area contributed by atoms with Gasteiger partial charge in [-0.3, -0.25) is 14.5 Å². The highest BCUT2D eigenvalue weighted by molar-refractivity contribution is 7.13. The van der Waals surface area contributed by atoms with Crippen molar-refractivity contribution in [1.29, 1.82) is 0 Å². The van der Waals surface area contributed by atoms with E-state index in [1.165, 1.54) is 17.6 Å². The van der Waals surface area contributed by atoms with Crippen molar-refractivity contribution in [1.82, 2.24) is 15.2 Å². The van der Waals surface area contributed by atoms with Crippen LogP contribution in [0.2, 0.25) is 0 Å². The largest absolute Gasteiger partial charge is 0.467 e. The van der Waals surface area contributed by atoms with Crippen LogP contribution in [0.1, 0.15) is 24.3 Å².